The standard InChI is InChI=1S/C19H22N2/c1-13-9-14(2)19(15(3)10-13)20-12-17-11-16-7-5-6-8-18(16)21(17)4/h5-11,20H,12H2,1-4H3. The first kappa shape index (κ1) is 13.7. The van der Waals surface area contributed by atoms with Crippen LogP contribution in [0.3, 0.4) is 0 Å². The van der Waals surface area contributed by atoms with Crippen LogP contribution < -0.4 is 5.32 Å². The van der Waals surface area contributed by atoms with Gasteiger partial charge in [0.2, 0.25) is 0 Å². The van der Waals surface area contributed by atoms with E-state index >= 15 is 0 Å². The van der Waals surface area contributed by atoms with E-state index in [4.69, 9.17) is 0 Å². The first-order chi connectivity index (χ1) is 10.1. The molecule has 0 spiro atoms. The zero-order valence-electron chi connectivity index (χ0n) is 13.2. The van der Waals surface area contributed by atoms with Gasteiger partial charge in [-0.25, -0.2) is 0 Å². The Labute approximate surface area is 126 Å². The summed E-state index contributed by atoms with van der Waals surface area (Å²) in [6.07, 6.45) is 0. The number of anilines is 1. The van der Waals surface area contributed by atoms with Gasteiger partial charge >= 0.3 is 0 Å². The molecule has 0 aliphatic carbocycles. The molecule has 2 aromatic carbocycles. The van der Waals surface area contributed by atoms with Crippen LogP contribution in [0.25, 0.3) is 10.9 Å². The Bertz CT molecular complexity index is 773. The lowest BCUT2D eigenvalue weighted by molar-refractivity contribution is 0.869. The number of nitrogens with one attached hydrogen (secondary N) is 1. The summed E-state index contributed by atoms with van der Waals surface area (Å²) in [4.78, 5) is 0. The molecule has 1 aromatic heterocycles. The van der Waals surface area contributed by atoms with E-state index < -0.39 is 0 Å². The summed E-state index contributed by atoms with van der Waals surface area (Å²) >= 11 is 0. The second-order valence-electron chi connectivity index (χ2n) is 5.88. The maximum Gasteiger partial charge on any atom is 0.0553 e. The van der Waals surface area contributed by atoms with Crippen LogP contribution in [0.2, 0.25) is 0 Å². The van der Waals surface area contributed by atoms with Crippen LogP contribution in [0.1, 0.15) is 22.4 Å². The monoisotopic (exact) mass is 278 g/mol. The van der Waals surface area contributed by atoms with Crippen LogP contribution in [0, 0.1) is 20.8 Å². The summed E-state index contributed by atoms with van der Waals surface area (Å²) in [5.41, 5.74) is 7.78. The molecule has 0 amide bonds. The molecule has 0 unspecified atom stereocenters. The van der Waals surface area contributed by atoms with Gasteiger partial charge in [-0.05, 0) is 49.4 Å². The van der Waals surface area contributed by atoms with Crippen molar-refractivity contribution in [3.8, 4) is 0 Å². The summed E-state index contributed by atoms with van der Waals surface area (Å²) in [6, 6.07) is 15.2. The number of rotatable bonds is 3. The van der Waals surface area contributed by atoms with Gasteiger partial charge in [-0.2, -0.15) is 0 Å². The summed E-state index contributed by atoms with van der Waals surface area (Å²) < 4.78 is 2.27. The summed E-state index contributed by atoms with van der Waals surface area (Å²) in [5.74, 6) is 0. The minimum absolute atomic E-state index is 0.843. The van der Waals surface area contributed by atoms with Gasteiger partial charge in [0.1, 0.15) is 0 Å². The second-order valence-corrected chi connectivity index (χ2v) is 5.88. The van der Waals surface area contributed by atoms with E-state index in [1.165, 1.54) is 39.0 Å². The second kappa shape index (κ2) is 5.28. The number of hydrogen-bond acceptors (Lipinski definition) is 1. The zero-order chi connectivity index (χ0) is 15.0. The van der Waals surface area contributed by atoms with Crippen LogP contribution in [0.15, 0.2) is 42.5 Å². The molecule has 0 aliphatic heterocycles. The number of benzene rings is 2. The van der Waals surface area contributed by atoms with Crippen molar-refractivity contribution in [2.24, 2.45) is 7.05 Å². The maximum atomic E-state index is 3.61. The van der Waals surface area contributed by atoms with Crippen molar-refractivity contribution >= 4 is 16.6 Å². The van der Waals surface area contributed by atoms with Gasteiger partial charge in [0.15, 0.2) is 0 Å². The lowest BCUT2D eigenvalue weighted by Gasteiger charge is -2.14. The number of aromatic nitrogens is 1. The summed E-state index contributed by atoms with van der Waals surface area (Å²) in [6.45, 7) is 7.33. The third-order valence-corrected chi connectivity index (χ3v) is 4.17. The number of para-hydroxylation sites is 1. The molecule has 2 nitrogen and oxygen atoms in total. The molecule has 0 radical (unpaired) electrons. The van der Waals surface area contributed by atoms with Gasteiger partial charge in [0, 0.05) is 23.9 Å². The minimum atomic E-state index is 0.843. The summed E-state index contributed by atoms with van der Waals surface area (Å²) in [5, 5.41) is 4.91. The van der Waals surface area contributed by atoms with Crippen molar-refractivity contribution in [3.63, 3.8) is 0 Å². The van der Waals surface area contributed by atoms with Gasteiger partial charge < -0.3 is 9.88 Å². The molecule has 2 heteroatoms. The van der Waals surface area contributed by atoms with Crippen molar-refractivity contribution in [3.05, 3.63) is 64.8 Å². The normalized spacial score (nSPS) is 11.0. The largest absolute Gasteiger partial charge is 0.379 e. The molecule has 21 heavy (non-hydrogen) atoms. The van der Waals surface area contributed by atoms with E-state index in [9.17, 15) is 0 Å². The Morgan fingerprint density at radius 1 is 0.952 bits per heavy atom. The molecule has 1 heterocycles. The molecule has 0 aliphatic rings. The Morgan fingerprint density at radius 3 is 2.29 bits per heavy atom. The third-order valence-electron chi connectivity index (χ3n) is 4.17. The third kappa shape index (κ3) is 2.54. The van der Waals surface area contributed by atoms with E-state index in [-0.39, 0.29) is 0 Å². The molecular weight excluding hydrogens is 256 g/mol. The number of nitrogens with zero attached hydrogens (tertiary/aromatic N) is 1. The first-order valence-electron chi connectivity index (χ1n) is 7.41. The fourth-order valence-electron chi connectivity index (χ4n) is 3.15. The first-order valence-corrected chi connectivity index (χ1v) is 7.41. The Balaban J connectivity index is 1.89. The quantitative estimate of drug-likeness (QED) is 0.734. The Hall–Kier alpha value is -2.22. The SMILES string of the molecule is Cc1cc(C)c(NCc2cc3ccccc3n2C)c(C)c1. The van der Waals surface area contributed by atoms with E-state index in [1.54, 1.807) is 0 Å². The van der Waals surface area contributed by atoms with E-state index in [0.717, 1.165) is 6.54 Å². The van der Waals surface area contributed by atoms with Gasteiger partial charge in [-0.3, -0.25) is 0 Å². The molecule has 3 rings (SSSR count). The Morgan fingerprint density at radius 2 is 1.62 bits per heavy atom. The van der Waals surface area contributed by atoms with Crippen molar-refractivity contribution in [2.75, 3.05) is 5.32 Å². The predicted molar refractivity (Wildman–Crippen MR) is 90.9 cm³/mol. The number of hydrogen-bond donors (Lipinski definition) is 1. The smallest absolute Gasteiger partial charge is 0.0553 e. The highest BCUT2D eigenvalue weighted by Gasteiger charge is 2.07. The van der Waals surface area contributed by atoms with Crippen LogP contribution in [0.5, 0.6) is 0 Å². The molecule has 0 bridgehead atoms. The van der Waals surface area contributed by atoms with Crippen molar-refractivity contribution < 1.29 is 0 Å². The minimum Gasteiger partial charge on any atom is -0.379 e. The lowest BCUT2D eigenvalue weighted by Crippen LogP contribution is -2.06. The highest BCUT2D eigenvalue weighted by atomic mass is 15.0. The zero-order valence-corrected chi connectivity index (χ0v) is 13.2. The van der Waals surface area contributed by atoms with E-state index in [1.807, 2.05) is 0 Å². The van der Waals surface area contributed by atoms with Crippen molar-refractivity contribution in [1.82, 2.24) is 4.57 Å². The fraction of sp³-hybridized carbons (Fsp3) is 0.263. The van der Waals surface area contributed by atoms with Gasteiger partial charge in [-0.15, -0.1) is 0 Å². The molecule has 0 fully saturated rings. The number of fused-ring (bicyclic) bond motifs is 1. The highest BCUT2D eigenvalue weighted by Crippen LogP contribution is 2.24. The highest BCUT2D eigenvalue weighted by molar-refractivity contribution is 5.81. The predicted octanol–water partition coefficient (Wildman–Crippen LogP) is 4.72. The van der Waals surface area contributed by atoms with Crippen molar-refractivity contribution in [1.29, 1.82) is 0 Å². The van der Waals surface area contributed by atoms with E-state index in [0.29, 0.717) is 0 Å². The number of aryl methyl sites for hydroxylation is 4. The molecule has 0 atom stereocenters. The fourth-order valence-corrected chi connectivity index (χ4v) is 3.15. The molecule has 0 saturated heterocycles. The van der Waals surface area contributed by atoms with E-state index in [2.05, 4.69) is 80.2 Å². The van der Waals surface area contributed by atoms with Crippen LogP contribution in [0.4, 0.5) is 5.69 Å². The molecular formula is C19H22N2. The maximum absolute atomic E-state index is 3.61. The topological polar surface area (TPSA) is 17.0 Å². The van der Waals surface area contributed by atoms with Crippen LogP contribution in [-0.2, 0) is 13.6 Å². The van der Waals surface area contributed by atoms with Gasteiger partial charge in [-0.1, -0.05) is 35.9 Å². The van der Waals surface area contributed by atoms with Crippen LogP contribution >= 0.6 is 0 Å². The lowest BCUT2D eigenvalue weighted by atomic mass is 10.1. The van der Waals surface area contributed by atoms with Gasteiger partial charge in [0.05, 0.1) is 6.54 Å². The molecule has 3 aromatic rings. The van der Waals surface area contributed by atoms with Crippen LogP contribution in [-0.4, -0.2) is 4.57 Å². The average Bonchev–Trinajstić information content (AvgIpc) is 2.75. The van der Waals surface area contributed by atoms with Crippen molar-refractivity contribution in [2.45, 2.75) is 27.3 Å². The molecule has 1 N–H and O–H groups in total. The summed E-state index contributed by atoms with van der Waals surface area (Å²) in [7, 11) is 2.13. The average molecular weight is 278 g/mol. The molecule has 0 saturated carbocycles. The Kier molecular flexibility index (Phi) is 3.46. The molecule has 108 valence electrons. The van der Waals surface area contributed by atoms with Gasteiger partial charge in [0.25, 0.3) is 0 Å².